The first-order chi connectivity index (χ1) is 12.1. The van der Waals surface area contributed by atoms with Crippen LogP contribution in [0.5, 0.6) is 0 Å². The lowest BCUT2D eigenvalue weighted by molar-refractivity contribution is 0.0946. The van der Waals surface area contributed by atoms with Crippen LogP contribution in [0.4, 0.5) is 11.4 Å². The fourth-order valence-electron chi connectivity index (χ4n) is 2.40. The molecule has 1 heterocycles. The second-order valence-corrected chi connectivity index (χ2v) is 6.17. The van der Waals surface area contributed by atoms with Gasteiger partial charge in [-0.2, -0.15) is 0 Å². The van der Waals surface area contributed by atoms with Crippen LogP contribution >= 0.6 is 11.6 Å². The molecule has 0 saturated carbocycles. The van der Waals surface area contributed by atoms with Gasteiger partial charge in [-0.1, -0.05) is 35.9 Å². The van der Waals surface area contributed by atoms with E-state index in [-0.39, 0.29) is 5.91 Å². The first-order valence-corrected chi connectivity index (χ1v) is 8.30. The topological polar surface area (TPSA) is 54.0 Å². The summed E-state index contributed by atoms with van der Waals surface area (Å²) in [7, 11) is 0. The fourth-order valence-corrected chi connectivity index (χ4v) is 2.52. The zero-order chi connectivity index (χ0) is 17.6. The minimum absolute atomic E-state index is 0.220. The van der Waals surface area contributed by atoms with Gasteiger partial charge in [0.25, 0.3) is 5.91 Å². The molecule has 0 aliphatic carbocycles. The lowest BCUT2D eigenvalue weighted by atomic mass is 10.2. The molecule has 0 spiro atoms. The molecule has 3 aromatic rings. The first-order valence-electron chi connectivity index (χ1n) is 7.92. The number of hydrogen-bond donors (Lipinski definition) is 2. The first kappa shape index (κ1) is 17.0. The summed E-state index contributed by atoms with van der Waals surface area (Å²) in [5.41, 5.74) is 4.30. The van der Waals surface area contributed by atoms with Gasteiger partial charge < -0.3 is 10.6 Å². The average molecular weight is 352 g/mol. The number of rotatable bonds is 5. The Hall–Kier alpha value is -2.85. The number of anilines is 2. The van der Waals surface area contributed by atoms with Crippen LogP contribution in [0, 0.1) is 6.92 Å². The molecule has 0 aliphatic rings. The van der Waals surface area contributed by atoms with Gasteiger partial charge in [-0.15, -0.1) is 0 Å². The maximum Gasteiger partial charge on any atom is 0.270 e. The molecule has 1 aromatic heterocycles. The van der Waals surface area contributed by atoms with Crippen LogP contribution in [0.3, 0.4) is 0 Å². The van der Waals surface area contributed by atoms with Crippen LogP contribution in [0.2, 0.25) is 5.02 Å². The summed E-state index contributed by atoms with van der Waals surface area (Å²) in [5, 5.41) is 6.82. The largest absolute Gasteiger partial charge is 0.355 e. The van der Waals surface area contributed by atoms with E-state index in [1.807, 2.05) is 49.4 Å². The molecule has 4 nitrogen and oxygen atoms in total. The standard InChI is InChI=1S/C20H18ClN3O/c1-14-3-2-4-17(11-14)24-18-9-10-22-19(12-18)20(25)23-13-15-5-7-16(21)8-6-15/h2-12H,13H2,1H3,(H,22,24)(H,23,25). The summed E-state index contributed by atoms with van der Waals surface area (Å²) in [5.74, 6) is -0.220. The van der Waals surface area contributed by atoms with E-state index in [0.717, 1.165) is 16.9 Å². The minimum atomic E-state index is -0.220. The number of carbonyl (C=O) groups is 1. The van der Waals surface area contributed by atoms with Gasteiger partial charge in [0.1, 0.15) is 5.69 Å². The number of aromatic nitrogens is 1. The molecule has 3 rings (SSSR count). The Balaban J connectivity index is 1.65. The van der Waals surface area contributed by atoms with Crippen molar-refractivity contribution in [1.82, 2.24) is 10.3 Å². The van der Waals surface area contributed by atoms with E-state index in [9.17, 15) is 4.79 Å². The van der Waals surface area contributed by atoms with E-state index in [1.54, 1.807) is 24.4 Å². The Morgan fingerprint density at radius 2 is 1.80 bits per heavy atom. The fraction of sp³-hybridized carbons (Fsp3) is 0.100. The highest BCUT2D eigenvalue weighted by Gasteiger charge is 2.08. The third-order valence-corrected chi connectivity index (χ3v) is 3.92. The molecule has 0 bridgehead atoms. The molecule has 5 heteroatoms. The van der Waals surface area contributed by atoms with Crippen molar-refractivity contribution < 1.29 is 4.79 Å². The Bertz CT molecular complexity index is 878. The van der Waals surface area contributed by atoms with E-state index in [1.165, 1.54) is 5.56 Å². The Labute approximate surface area is 151 Å². The molecule has 0 radical (unpaired) electrons. The van der Waals surface area contributed by atoms with E-state index < -0.39 is 0 Å². The van der Waals surface area contributed by atoms with E-state index in [2.05, 4.69) is 15.6 Å². The molecule has 0 aliphatic heterocycles. The van der Waals surface area contributed by atoms with Gasteiger partial charge in [0.05, 0.1) is 0 Å². The summed E-state index contributed by atoms with van der Waals surface area (Å²) < 4.78 is 0. The molecule has 2 N–H and O–H groups in total. The summed E-state index contributed by atoms with van der Waals surface area (Å²) in [4.78, 5) is 16.5. The van der Waals surface area contributed by atoms with Gasteiger partial charge in [-0.05, 0) is 54.4 Å². The smallest absolute Gasteiger partial charge is 0.270 e. The second kappa shape index (κ2) is 7.81. The van der Waals surface area contributed by atoms with E-state index in [0.29, 0.717) is 17.3 Å². The van der Waals surface area contributed by atoms with Crippen LogP contribution < -0.4 is 10.6 Å². The van der Waals surface area contributed by atoms with E-state index >= 15 is 0 Å². The quantitative estimate of drug-likeness (QED) is 0.699. The van der Waals surface area contributed by atoms with Crippen molar-refractivity contribution in [2.75, 3.05) is 5.32 Å². The second-order valence-electron chi connectivity index (χ2n) is 5.73. The normalized spacial score (nSPS) is 10.3. The van der Waals surface area contributed by atoms with Crippen LogP contribution in [0.25, 0.3) is 0 Å². The highest BCUT2D eigenvalue weighted by Crippen LogP contribution is 2.18. The van der Waals surface area contributed by atoms with Crippen molar-refractivity contribution in [3.05, 3.63) is 88.7 Å². The highest BCUT2D eigenvalue weighted by atomic mass is 35.5. The number of nitrogens with zero attached hydrogens (tertiary/aromatic N) is 1. The lowest BCUT2D eigenvalue weighted by Crippen LogP contribution is -2.23. The highest BCUT2D eigenvalue weighted by molar-refractivity contribution is 6.30. The molecule has 126 valence electrons. The maximum atomic E-state index is 12.3. The van der Waals surface area contributed by atoms with Crippen molar-refractivity contribution in [3.63, 3.8) is 0 Å². The van der Waals surface area contributed by atoms with Crippen LogP contribution in [0.15, 0.2) is 66.9 Å². The molecule has 25 heavy (non-hydrogen) atoms. The number of halogens is 1. The molecule has 0 saturated heterocycles. The van der Waals surface area contributed by atoms with Gasteiger partial charge in [0, 0.05) is 29.1 Å². The van der Waals surface area contributed by atoms with Crippen molar-refractivity contribution in [2.45, 2.75) is 13.5 Å². The van der Waals surface area contributed by atoms with Gasteiger partial charge >= 0.3 is 0 Å². The average Bonchev–Trinajstić information content (AvgIpc) is 2.61. The Kier molecular flexibility index (Phi) is 5.31. The number of benzene rings is 2. The summed E-state index contributed by atoms with van der Waals surface area (Å²) in [6.45, 7) is 2.46. The predicted octanol–water partition coefficient (Wildman–Crippen LogP) is 4.72. The molecule has 0 atom stereocenters. The lowest BCUT2D eigenvalue weighted by Gasteiger charge is -2.09. The van der Waals surface area contributed by atoms with Crippen LogP contribution in [-0.4, -0.2) is 10.9 Å². The maximum absolute atomic E-state index is 12.3. The van der Waals surface area contributed by atoms with Gasteiger partial charge in [-0.3, -0.25) is 9.78 Å². The minimum Gasteiger partial charge on any atom is -0.355 e. The third kappa shape index (κ3) is 4.81. The SMILES string of the molecule is Cc1cccc(Nc2ccnc(C(=O)NCc3ccc(Cl)cc3)c2)c1. The van der Waals surface area contributed by atoms with E-state index in [4.69, 9.17) is 11.6 Å². The zero-order valence-electron chi connectivity index (χ0n) is 13.8. The monoisotopic (exact) mass is 351 g/mol. The summed E-state index contributed by atoms with van der Waals surface area (Å²) in [6.07, 6.45) is 1.62. The van der Waals surface area contributed by atoms with Crippen molar-refractivity contribution in [2.24, 2.45) is 0 Å². The Morgan fingerprint density at radius 3 is 2.56 bits per heavy atom. The summed E-state index contributed by atoms with van der Waals surface area (Å²) in [6, 6.07) is 19.0. The van der Waals surface area contributed by atoms with Gasteiger partial charge in [-0.25, -0.2) is 0 Å². The molecule has 0 fully saturated rings. The number of carbonyl (C=O) groups excluding carboxylic acids is 1. The van der Waals surface area contributed by atoms with Crippen molar-refractivity contribution >= 4 is 28.9 Å². The molecule has 2 aromatic carbocycles. The number of hydrogen-bond acceptors (Lipinski definition) is 3. The van der Waals surface area contributed by atoms with Crippen molar-refractivity contribution in [1.29, 1.82) is 0 Å². The molecule has 0 unspecified atom stereocenters. The summed E-state index contributed by atoms with van der Waals surface area (Å²) >= 11 is 5.86. The van der Waals surface area contributed by atoms with Gasteiger partial charge in [0.15, 0.2) is 0 Å². The van der Waals surface area contributed by atoms with Crippen molar-refractivity contribution in [3.8, 4) is 0 Å². The predicted molar refractivity (Wildman–Crippen MR) is 101 cm³/mol. The molecule has 1 amide bonds. The third-order valence-electron chi connectivity index (χ3n) is 3.67. The molecular formula is C20H18ClN3O. The number of amides is 1. The van der Waals surface area contributed by atoms with Gasteiger partial charge in [0.2, 0.25) is 0 Å². The van der Waals surface area contributed by atoms with Crippen LogP contribution in [0.1, 0.15) is 21.6 Å². The number of pyridine rings is 1. The number of aryl methyl sites for hydroxylation is 1. The molecular weight excluding hydrogens is 334 g/mol. The van der Waals surface area contributed by atoms with Crippen LogP contribution in [-0.2, 0) is 6.54 Å². The Morgan fingerprint density at radius 1 is 1.04 bits per heavy atom. The number of nitrogens with one attached hydrogen (secondary N) is 2. The zero-order valence-corrected chi connectivity index (χ0v) is 14.5.